The first kappa shape index (κ1) is 15.8. The fourth-order valence-electron chi connectivity index (χ4n) is 1.94. The molecule has 0 aromatic rings. The van der Waals surface area contributed by atoms with Crippen LogP contribution in [0.1, 0.15) is 27.7 Å². The zero-order valence-corrected chi connectivity index (χ0v) is 12.4. The van der Waals surface area contributed by atoms with E-state index in [2.05, 4.69) is 0 Å². The number of methoxy groups -OCH3 is 1. The van der Waals surface area contributed by atoms with Crippen molar-refractivity contribution in [2.75, 3.05) is 33.3 Å². The first-order valence-corrected chi connectivity index (χ1v) is 6.54. The van der Waals surface area contributed by atoms with E-state index in [0.717, 1.165) is 0 Å². The zero-order valence-electron chi connectivity index (χ0n) is 12.4. The monoisotopic (exact) mass is 272 g/mol. The predicted molar refractivity (Wildman–Crippen MR) is 70.9 cm³/mol. The molecule has 1 atom stereocenters. The van der Waals surface area contributed by atoms with Crippen LogP contribution in [-0.4, -0.2) is 66.8 Å². The largest absolute Gasteiger partial charge is 0.468 e. The SMILES string of the molecule is COC(=O)C(C)N1CCN(C(=O)OC(C)(C)C)CC1. The van der Waals surface area contributed by atoms with Crippen molar-refractivity contribution in [2.45, 2.75) is 39.3 Å². The summed E-state index contributed by atoms with van der Waals surface area (Å²) in [6.45, 7) is 9.79. The van der Waals surface area contributed by atoms with Gasteiger partial charge in [0.05, 0.1) is 7.11 Å². The predicted octanol–water partition coefficient (Wildman–Crippen LogP) is 1.10. The average Bonchev–Trinajstić information content (AvgIpc) is 2.35. The van der Waals surface area contributed by atoms with Crippen LogP contribution >= 0.6 is 0 Å². The summed E-state index contributed by atoms with van der Waals surface area (Å²) >= 11 is 0. The van der Waals surface area contributed by atoms with Crippen molar-refractivity contribution in [3.8, 4) is 0 Å². The molecule has 0 aromatic carbocycles. The molecule has 1 heterocycles. The van der Waals surface area contributed by atoms with Crippen molar-refractivity contribution in [1.29, 1.82) is 0 Å². The Labute approximate surface area is 114 Å². The molecule has 1 aliphatic rings. The summed E-state index contributed by atoms with van der Waals surface area (Å²) in [5.41, 5.74) is -0.479. The second-order valence-corrected chi connectivity index (χ2v) is 5.70. The fourth-order valence-corrected chi connectivity index (χ4v) is 1.94. The van der Waals surface area contributed by atoms with Gasteiger partial charge in [0, 0.05) is 26.2 Å². The van der Waals surface area contributed by atoms with E-state index in [1.807, 2.05) is 32.6 Å². The van der Waals surface area contributed by atoms with E-state index in [0.29, 0.717) is 26.2 Å². The second-order valence-electron chi connectivity index (χ2n) is 5.70. The summed E-state index contributed by atoms with van der Waals surface area (Å²) in [6.07, 6.45) is -0.294. The number of carbonyl (C=O) groups is 2. The number of piperazine rings is 1. The highest BCUT2D eigenvalue weighted by Crippen LogP contribution is 2.13. The molecule has 6 nitrogen and oxygen atoms in total. The van der Waals surface area contributed by atoms with Gasteiger partial charge in [-0.15, -0.1) is 0 Å². The smallest absolute Gasteiger partial charge is 0.410 e. The van der Waals surface area contributed by atoms with Crippen molar-refractivity contribution >= 4 is 12.1 Å². The molecule has 1 saturated heterocycles. The molecule has 0 aliphatic carbocycles. The van der Waals surface area contributed by atoms with Crippen LogP contribution in [0.2, 0.25) is 0 Å². The summed E-state index contributed by atoms with van der Waals surface area (Å²) in [5.74, 6) is -0.245. The number of rotatable bonds is 2. The highest BCUT2D eigenvalue weighted by molar-refractivity contribution is 5.75. The second kappa shape index (κ2) is 6.23. The van der Waals surface area contributed by atoms with Gasteiger partial charge in [-0.25, -0.2) is 4.79 Å². The van der Waals surface area contributed by atoms with E-state index >= 15 is 0 Å². The minimum atomic E-state index is -0.479. The molecule has 0 saturated carbocycles. The molecule has 0 N–H and O–H groups in total. The maximum atomic E-state index is 11.9. The first-order chi connectivity index (χ1) is 8.74. The number of hydrogen-bond donors (Lipinski definition) is 0. The molecule has 1 fully saturated rings. The van der Waals surface area contributed by atoms with Gasteiger partial charge in [-0.3, -0.25) is 9.69 Å². The van der Waals surface area contributed by atoms with Gasteiger partial charge in [-0.05, 0) is 27.7 Å². The molecule has 1 amide bonds. The van der Waals surface area contributed by atoms with Crippen LogP contribution in [0.3, 0.4) is 0 Å². The molecule has 1 unspecified atom stereocenters. The number of nitrogens with zero attached hydrogens (tertiary/aromatic N) is 2. The molecule has 1 aliphatic heterocycles. The standard InChI is InChI=1S/C13H24N2O4/c1-10(11(16)18-5)14-6-8-15(9-7-14)12(17)19-13(2,3)4/h10H,6-9H2,1-5H3. The summed E-state index contributed by atoms with van der Waals surface area (Å²) in [4.78, 5) is 27.0. The lowest BCUT2D eigenvalue weighted by Gasteiger charge is -2.37. The van der Waals surface area contributed by atoms with Crippen LogP contribution in [0, 0.1) is 0 Å². The summed E-state index contributed by atoms with van der Waals surface area (Å²) in [5, 5.41) is 0. The highest BCUT2D eigenvalue weighted by atomic mass is 16.6. The van der Waals surface area contributed by atoms with E-state index < -0.39 is 5.60 Å². The van der Waals surface area contributed by atoms with Gasteiger partial charge in [-0.1, -0.05) is 0 Å². The summed E-state index contributed by atoms with van der Waals surface area (Å²) in [7, 11) is 1.38. The maximum Gasteiger partial charge on any atom is 0.410 e. The van der Waals surface area contributed by atoms with Crippen molar-refractivity contribution in [1.82, 2.24) is 9.80 Å². The Hall–Kier alpha value is -1.30. The van der Waals surface area contributed by atoms with Crippen LogP contribution in [0.4, 0.5) is 4.79 Å². The van der Waals surface area contributed by atoms with Gasteiger partial charge >= 0.3 is 12.1 Å². The number of carbonyl (C=O) groups excluding carboxylic acids is 2. The third-order valence-corrected chi connectivity index (χ3v) is 3.06. The summed E-state index contributed by atoms with van der Waals surface area (Å²) < 4.78 is 10.0. The molecule has 0 spiro atoms. The van der Waals surface area contributed by atoms with Gasteiger partial charge < -0.3 is 14.4 Å². The summed E-state index contributed by atoms with van der Waals surface area (Å²) in [6, 6.07) is -0.272. The van der Waals surface area contributed by atoms with Crippen LogP contribution in [-0.2, 0) is 14.3 Å². The molecule has 1 rings (SSSR count). The quantitative estimate of drug-likeness (QED) is 0.705. The molecule has 19 heavy (non-hydrogen) atoms. The normalized spacial score (nSPS) is 18.9. The average molecular weight is 272 g/mol. The number of ether oxygens (including phenoxy) is 2. The van der Waals surface area contributed by atoms with Crippen LogP contribution in [0.15, 0.2) is 0 Å². The van der Waals surface area contributed by atoms with Crippen LogP contribution in [0.25, 0.3) is 0 Å². The highest BCUT2D eigenvalue weighted by Gasteiger charge is 2.29. The van der Waals surface area contributed by atoms with Gasteiger partial charge in [0.1, 0.15) is 11.6 Å². The Kier molecular flexibility index (Phi) is 5.17. The Balaban J connectivity index is 2.45. The molecule has 0 radical (unpaired) electrons. The van der Waals surface area contributed by atoms with Gasteiger partial charge in [0.15, 0.2) is 0 Å². The van der Waals surface area contributed by atoms with Crippen LogP contribution < -0.4 is 0 Å². The van der Waals surface area contributed by atoms with Gasteiger partial charge in [-0.2, -0.15) is 0 Å². The Morgan fingerprint density at radius 2 is 1.63 bits per heavy atom. The molecule has 0 aromatic heterocycles. The minimum absolute atomic E-state index is 0.245. The molecule has 110 valence electrons. The van der Waals surface area contributed by atoms with Crippen molar-refractivity contribution in [2.24, 2.45) is 0 Å². The fraction of sp³-hybridized carbons (Fsp3) is 0.846. The lowest BCUT2D eigenvalue weighted by atomic mass is 10.2. The number of amides is 1. The number of hydrogen-bond acceptors (Lipinski definition) is 5. The van der Waals surface area contributed by atoms with E-state index in [1.165, 1.54) is 7.11 Å². The van der Waals surface area contributed by atoms with E-state index in [1.54, 1.807) is 4.90 Å². The van der Waals surface area contributed by atoms with E-state index in [4.69, 9.17) is 9.47 Å². The third-order valence-electron chi connectivity index (χ3n) is 3.06. The number of esters is 1. The maximum absolute atomic E-state index is 11.9. The molecular weight excluding hydrogens is 248 g/mol. The Morgan fingerprint density at radius 3 is 2.05 bits per heavy atom. The Morgan fingerprint density at radius 1 is 1.11 bits per heavy atom. The zero-order chi connectivity index (χ0) is 14.6. The lowest BCUT2D eigenvalue weighted by Crippen LogP contribution is -2.54. The van der Waals surface area contributed by atoms with Gasteiger partial charge in [0.25, 0.3) is 0 Å². The topological polar surface area (TPSA) is 59.1 Å². The molecular formula is C13H24N2O4. The van der Waals surface area contributed by atoms with Crippen molar-refractivity contribution < 1.29 is 19.1 Å². The first-order valence-electron chi connectivity index (χ1n) is 6.54. The minimum Gasteiger partial charge on any atom is -0.468 e. The molecule has 0 bridgehead atoms. The third kappa shape index (κ3) is 4.70. The van der Waals surface area contributed by atoms with Crippen molar-refractivity contribution in [3.05, 3.63) is 0 Å². The Bertz CT molecular complexity index is 330. The van der Waals surface area contributed by atoms with E-state index in [-0.39, 0.29) is 18.1 Å². The van der Waals surface area contributed by atoms with E-state index in [9.17, 15) is 9.59 Å². The lowest BCUT2D eigenvalue weighted by molar-refractivity contribution is -0.146. The van der Waals surface area contributed by atoms with Gasteiger partial charge in [0.2, 0.25) is 0 Å². The molecule has 6 heteroatoms. The van der Waals surface area contributed by atoms with Crippen molar-refractivity contribution in [3.63, 3.8) is 0 Å². The van der Waals surface area contributed by atoms with Crippen LogP contribution in [0.5, 0.6) is 0 Å².